The van der Waals surface area contributed by atoms with Crippen molar-refractivity contribution in [3.8, 4) is 11.5 Å². The van der Waals surface area contributed by atoms with Crippen LogP contribution >= 0.6 is 11.6 Å². The van der Waals surface area contributed by atoms with Crippen molar-refractivity contribution in [2.24, 2.45) is 5.92 Å². The van der Waals surface area contributed by atoms with Gasteiger partial charge in [0.1, 0.15) is 0 Å². The lowest BCUT2D eigenvalue weighted by Gasteiger charge is -2.27. The Hall–Kier alpha value is -1.42. The predicted molar refractivity (Wildman–Crippen MR) is 76.5 cm³/mol. The van der Waals surface area contributed by atoms with Gasteiger partial charge in [-0.05, 0) is 37.0 Å². The van der Waals surface area contributed by atoms with Crippen LogP contribution < -0.4 is 14.8 Å². The summed E-state index contributed by atoms with van der Waals surface area (Å²) in [4.78, 5) is 12.1. The van der Waals surface area contributed by atoms with Crippen molar-refractivity contribution in [2.45, 2.75) is 31.1 Å². The first-order valence-electron chi connectivity index (χ1n) is 7.06. The van der Waals surface area contributed by atoms with Gasteiger partial charge in [0.15, 0.2) is 11.5 Å². The van der Waals surface area contributed by atoms with Crippen LogP contribution in [0.15, 0.2) is 18.2 Å². The molecular weight excluding hydrogens is 278 g/mol. The summed E-state index contributed by atoms with van der Waals surface area (Å²) in [6.45, 7) is 0.859. The molecule has 0 bridgehead atoms. The van der Waals surface area contributed by atoms with Gasteiger partial charge in [-0.25, -0.2) is 0 Å². The van der Waals surface area contributed by atoms with E-state index in [1.165, 1.54) is 12.8 Å². The fraction of sp³-hybridized carbons (Fsp3) is 0.533. The van der Waals surface area contributed by atoms with Gasteiger partial charge < -0.3 is 14.8 Å². The summed E-state index contributed by atoms with van der Waals surface area (Å²) in [5, 5.41) is 3.15. The number of fused-ring (bicyclic) bond motifs is 1. The van der Waals surface area contributed by atoms with E-state index in [0.717, 1.165) is 12.8 Å². The lowest BCUT2D eigenvalue weighted by Crippen LogP contribution is -2.34. The van der Waals surface area contributed by atoms with Gasteiger partial charge >= 0.3 is 0 Å². The molecule has 2 atom stereocenters. The molecule has 0 spiro atoms. The number of nitrogens with one attached hydrogen (secondary N) is 1. The third kappa shape index (κ3) is 2.85. The number of carbonyl (C=O) groups is 1. The molecule has 0 radical (unpaired) electrons. The van der Waals surface area contributed by atoms with Crippen LogP contribution in [0, 0.1) is 5.92 Å². The monoisotopic (exact) mass is 295 g/mol. The van der Waals surface area contributed by atoms with Gasteiger partial charge in [0.2, 0.25) is 6.79 Å². The molecule has 108 valence electrons. The van der Waals surface area contributed by atoms with E-state index < -0.39 is 0 Å². The molecule has 0 aromatic heterocycles. The second-order valence-corrected chi connectivity index (χ2v) is 5.90. The van der Waals surface area contributed by atoms with Crippen LogP contribution in [0.4, 0.5) is 0 Å². The number of halogens is 1. The minimum Gasteiger partial charge on any atom is -0.454 e. The Bertz CT molecular complexity index is 506. The Labute approximate surface area is 123 Å². The maximum atomic E-state index is 12.1. The van der Waals surface area contributed by atoms with Gasteiger partial charge in [-0.3, -0.25) is 4.79 Å². The van der Waals surface area contributed by atoms with E-state index in [9.17, 15) is 4.79 Å². The van der Waals surface area contributed by atoms with Crippen LogP contribution in [0.3, 0.4) is 0 Å². The van der Waals surface area contributed by atoms with Gasteiger partial charge in [-0.2, -0.15) is 0 Å². The van der Waals surface area contributed by atoms with Gasteiger partial charge in [0.25, 0.3) is 5.91 Å². The van der Waals surface area contributed by atoms with Crippen molar-refractivity contribution in [3.63, 3.8) is 0 Å². The average molecular weight is 296 g/mol. The van der Waals surface area contributed by atoms with Crippen LogP contribution in [0.2, 0.25) is 0 Å². The summed E-state index contributed by atoms with van der Waals surface area (Å²) in [6, 6.07) is 5.24. The number of ether oxygens (including phenoxy) is 2. The molecule has 1 saturated carbocycles. The molecule has 3 rings (SSSR count). The molecule has 1 aromatic rings. The van der Waals surface area contributed by atoms with Crippen LogP contribution in [0.5, 0.6) is 11.5 Å². The number of hydrogen-bond acceptors (Lipinski definition) is 3. The summed E-state index contributed by atoms with van der Waals surface area (Å²) in [6.07, 6.45) is 4.54. The number of benzene rings is 1. The van der Waals surface area contributed by atoms with Gasteiger partial charge in [0.05, 0.1) is 0 Å². The van der Waals surface area contributed by atoms with Crippen molar-refractivity contribution < 1.29 is 14.3 Å². The highest BCUT2D eigenvalue weighted by Gasteiger charge is 2.24. The number of alkyl halides is 1. The third-order valence-corrected chi connectivity index (χ3v) is 4.55. The Morgan fingerprint density at radius 2 is 2.05 bits per heavy atom. The first-order chi connectivity index (χ1) is 9.74. The quantitative estimate of drug-likeness (QED) is 0.872. The minimum absolute atomic E-state index is 0.0854. The highest BCUT2D eigenvalue weighted by Crippen LogP contribution is 2.32. The summed E-state index contributed by atoms with van der Waals surface area (Å²) in [5.41, 5.74) is 0.594. The molecule has 1 fully saturated rings. The Morgan fingerprint density at radius 3 is 2.90 bits per heavy atom. The fourth-order valence-corrected chi connectivity index (χ4v) is 3.13. The second-order valence-electron chi connectivity index (χ2n) is 5.34. The van der Waals surface area contributed by atoms with Crippen molar-refractivity contribution in [3.05, 3.63) is 23.8 Å². The van der Waals surface area contributed by atoms with Gasteiger partial charge in [-0.15, -0.1) is 11.6 Å². The molecule has 4 nitrogen and oxygen atoms in total. The highest BCUT2D eigenvalue weighted by molar-refractivity contribution is 6.20. The number of hydrogen-bond donors (Lipinski definition) is 1. The lowest BCUT2D eigenvalue weighted by molar-refractivity contribution is 0.0943. The van der Waals surface area contributed by atoms with E-state index in [4.69, 9.17) is 21.1 Å². The van der Waals surface area contributed by atoms with Crippen molar-refractivity contribution in [2.75, 3.05) is 13.3 Å². The molecular formula is C15H18ClNO3. The molecule has 1 aliphatic carbocycles. The van der Waals surface area contributed by atoms with Crippen LogP contribution in [-0.2, 0) is 0 Å². The molecule has 1 amide bonds. The smallest absolute Gasteiger partial charge is 0.251 e. The van der Waals surface area contributed by atoms with Gasteiger partial charge in [-0.1, -0.05) is 12.8 Å². The largest absolute Gasteiger partial charge is 0.454 e. The number of rotatable bonds is 3. The first-order valence-corrected chi connectivity index (χ1v) is 7.49. The van der Waals surface area contributed by atoms with Crippen LogP contribution in [-0.4, -0.2) is 24.6 Å². The average Bonchev–Trinajstić information content (AvgIpc) is 2.93. The third-order valence-electron chi connectivity index (χ3n) is 3.98. The Balaban J connectivity index is 1.59. The molecule has 1 aliphatic heterocycles. The zero-order chi connectivity index (χ0) is 13.9. The van der Waals surface area contributed by atoms with E-state index in [2.05, 4.69) is 5.32 Å². The molecule has 20 heavy (non-hydrogen) atoms. The molecule has 1 heterocycles. The van der Waals surface area contributed by atoms with E-state index in [1.807, 2.05) is 0 Å². The SMILES string of the molecule is O=C(NCC1CCCCC1Cl)c1ccc2c(c1)OCO2. The topological polar surface area (TPSA) is 47.6 Å². The van der Waals surface area contributed by atoms with Crippen molar-refractivity contribution >= 4 is 17.5 Å². The lowest BCUT2D eigenvalue weighted by atomic mass is 9.88. The summed E-state index contributed by atoms with van der Waals surface area (Å²) < 4.78 is 10.5. The molecule has 1 N–H and O–H groups in total. The normalized spacial score (nSPS) is 24.4. The molecule has 2 aliphatic rings. The van der Waals surface area contributed by atoms with Crippen molar-refractivity contribution in [1.29, 1.82) is 0 Å². The molecule has 5 heteroatoms. The summed E-state index contributed by atoms with van der Waals surface area (Å²) in [5.74, 6) is 1.61. The molecule has 2 unspecified atom stereocenters. The fourth-order valence-electron chi connectivity index (χ4n) is 2.76. The van der Waals surface area contributed by atoms with Gasteiger partial charge in [0, 0.05) is 17.5 Å². The Morgan fingerprint density at radius 1 is 1.25 bits per heavy atom. The molecule has 1 aromatic carbocycles. The zero-order valence-corrected chi connectivity index (χ0v) is 12.0. The predicted octanol–water partition coefficient (Wildman–Crippen LogP) is 2.94. The van der Waals surface area contributed by atoms with Crippen LogP contribution in [0.1, 0.15) is 36.0 Å². The minimum atomic E-state index is -0.0854. The van der Waals surface area contributed by atoms with E-state index in [-0.39, 0.29) is 18.1 Å². The first kappa shape index (κ1) is 13.6. The summed E-state index contributed by atoms with van der Waals surface area (Å²) in [7, 11) is 0. The van der Waals surface area contributed by atoms with E-state index in [1.54, 1.807) is 18.2 Å². The maximum absolute atomic E-state index is 12.1. The Kier molecular flexibility index (Phi) is 4.01. The number of amides is 1. The highest BCUT2D eigenvalue weighted by atomic mass is 35.5. The molecule has 0 saturated heterocycles. The van der Waals surface area contributed by atoms with Crippen LogP contribution in [0.25, 0.3) is 0 Å². The maximum Gasteiger partial charge on any atom is 0.251 e. The number of carbonyl (C=O) groups excluding carboxylic acids is 1. The standard InChI is InChI=1S/C15H18ClNO3/c16-12-4-2-1-3-11(12)8-17-15(18)10-5-6-13-14(7-10)20-9-19-13/h5-7,11-12H,1-4,8-9H2,(H,17,18). The van der Waals surface area contributed by atoms with E-state index >= 15 is 0 Å². The van der Waals surface area contributed by atoms with E-state index in [0.29, 0.717) is 29.5 Å². The second kappa shape index (κ2) is 5.92. The van der Waals surface area contributed by atoms with Crippen molar-refractivity contribution in [1.82, 2.24) is 5.32 Å². The zero-order valence-electron chi connectivity index (χ0n) is 11.2. The summed E-state index contributed by atoms with van der Waals surface area (Å²) >= 11 is 6.30.